The summed E-state index contributed by atoms with van der Waals surface area (Å²) >= 11 is 3.33. The first kappa shape index (κ1) is 16.0. The van der Waals surface area contributed by atoms with Gasteiger partial charge in [0.1, 0.15) is 11.5 Å². The predicted octanol–water partition coefficient (Wildman–Crippen LogP) is 4.41. The number of amides is 1. The van der Waals surface area contributed by atoms with Gasteiger partial charge in [-0.1, -0.05) is 6.07 Å². The minimum Gasteiger partial charge on any atom is -0.458 e. The molecule has 0 fully saturated rings. The molecule has 0 aromatic carbocycles. The van der Waals surface area contributed by atoms with Gasteiger partial charge in [-0.15, -0.1) is 22.7 Å². The zero-order chi connectivity index (χ0) is 16.1. The molecule has 23 heavy (non-hydrogen) atoms. The van der Waals surface area contributed by atoms with Crippen LogP contribution >= 0.6 is 22.7 Å². The molecule has 1 amide bonds. The maximum absolute atomic E-state index is 11.9. The van der Waals surface area contributed by atoms with E-state index < -0.39 is 0 Å². The van der Waals surface area contributed by atoms with Crippen molar-refractivity contribution < 1.29 is 9.21 Å². The molecule has 0 saturated carbocycles. The summed E-state index contributed by atoms with van der Waals surface area (Å²) in [5, 5.41) is 7.95. The van der Waals surface area contributed by atoms with Crippen LogP contribution in [0.5, 0.6) is 0 Å². The second-order valence-corrected chi connectivity index (χ2v) is 7.32. The highest BCUT2D eigenvalue weighted by molar-refractivity contribution is 7.10. The van der Waals surface area contributed by atoms with Gasteiger partial charge in [-0.05, 0) is 43.3 Å². The number of furan rings is 1. The highest BCUT2D eigenvalue weighted by Crippen LogP contribution is 2.23. The number of rotatable bonds is 7. The number of carbonyl (C=O) groups excluding carboxylic acids is 1. The van der Waals surface area contributed by atoms with Crippen LogP contribution in [0.3, 0.4) is 0 Å². The number of hydrogen-bond acceptors (Lipinski definition) is 5. The van der Waals surface area contributed by atoms with E-state index in [2.05, 4.69) is 21.7 Å². The quantitative estimate of drug-likeness (QED) is 0.689. The second-order valence-electron chi connectivity index (χ2n) is 5.23. The third kappa shape index (κ3) is 4.53. The van der Waals surface area contributed by atoms with E-state index in [9.17, 15) is 4.79 Å². The van der Waals surface area contributed by atoms with E-state index in [4.69, 9.17) is 4.42 Å². The number of nitrogens with one attached hydrogen (secondary N) is 1. The van der Waals surface area contributed by atoms with Crippen molar-refractivity contribution in [2.24, 2.45) is 0 Å². The van der Waals surface area contributed by atoms with Crippen LogP contribution in [-0.4, -0.2) is 10.9 Å². The predicted molar refractivity (Wildman–Crippen MR) is 93.7 cm³/mol. The minimum absolute atomic E-state index is 0.0593. The molecule has 6 heteroatoms. The van der Waals surface area contributed by atoms with Gasteiger partial charge in [0.2, 0.25) is 5.91 Å². The monoisotopic (exact) mass is 346 g/mol. The van der Waals surface area contributed by atoms with Gasteiger partial charge >= 0.3 is 0 Å². The molecule has 0 atom stereocenters. The standard InChI is InChI=1S/C17H18N2O2S2/c1-12-19-15(11-23-12)16-8-7-13(21-16)10-18-17(20)6-2-4-14-5-3-9-22-14/h3,5,7-9,11H,2,4,6,10H2,1H3,(H,18,20). The van der Waals surface area contributed by atoms with Crippen molar-refractivity contribution in [3.63, 3.8) is 0 Å². The Morgan fingerprint density at radius 3 is 2.96 bits per heavy atom. The van der Waals surface area contributed by atoms with E-state index >= 15 is 0 Å². The van der Waals surface area contributed by atoms with Crippen LogP contribution in [0.1, 0.15) is 28.5 Å². The van der Waals surface area contributed by atoms with Crippen LogP contribution in [-0.2, 0) is 17.8 Å². The molecule has 0 radical (unpaired) electrons. The Labute approximate surface area is 143 Å². The zero-order valence-electron chi connectivity index (χ0n) is 12.9. The van der Waals surface area contributed by atoms with Crippen LogP contribution < -0.4 is 5.32 Å². The molecule has 0 saturated heterocycles. The van der Waals surface area contributed by atoms with Gasteiger partial charge in [-0.2, -0.15) is 0 Å². The number of carbonyl (C=O) groups is 1. The summed E-state index contributed by atoms with van der Waals surface area (Å²) in [5.41, 5.74) is 0.848. The van der Waals surface area contributed by atoms with Crippen molar-refractivity contribution in [1.29, 1.82) is 0 Å². The fourth-order valence-corrected chi connectivity index (χ4v) is 3.59. The van der Waals surface area contributed by atoms with E-state index in [1.165, 1.54) is 4.88 Å². The molecule has 3 rings (SSSR count). The molecule has 0 spiro atoms. The molecule has 0 aliphatic rings. The molecule has 0 aliphatic heterocycles. The zero-order valence-corrected chi connectivity index (χ0v) is 14.5. The van der Waals surface area contributed by atoms with Crippen LogP contribution in [0.15, 0.2) is 39.4 Å². The topological polar surface area (TPSA) is 55.1 Å². The Morgan fingerprint density at radius 1 is 1.30 bits per heavy atom. The Balaban J connectivity index is 1.43. The Morgan fingerprint density at radius 2 is 2.22 bits per heavy atom. The lowest BCUT2D eigenvalue weighted by atomic mass is 10.2. The highest BCUT2D eigenvalue weighted by atomic mass is 32.1. The maximum atomic E-state index is 11.9. The molecular formula is C17H18N2O2S2. The molecule has 3 aromatic heterocycles. The highest BCUT2D eigenvalue weighted by Gasteiger charge is 2.09. The van der Waals surface area contributed by atoms with Gasteiger partial charge in [0.15, 0.2) is 5.76 Å². The summed E-state index contributed by atoms with van der Waals surface area (Å²) in [4.78, 5) is 17.6. The lowest BCUT2D eigenvalue weighted by Gasteiger charge is -2.03. The Hall–Kier alpha value is -1.92. The maximum Gasteiger partial charge on any atom is 0.220 e. The first-order valence-corrected chi connectivity index (χ1v) is 9.27. The van der Waals surface area contributed by atoms with Crippen molar-refractivity contribution in [3.05, 3.63) is 50.7 Å². The summed E-state index contributed by atoms with van der Waals surface area (Å²) < 4.78 is 5.73. The van der Waals surface area contributed by atoms with Gasteiger partial charge in [-0.3, -0.25) is 4.79 Å². The normalized spacial score (nSPS) is 10.8. The van der Waals surface area contributed by atoms with Crippen LogP contribution in [0.25, 0.3) is 11.5 Å². The van der Waals surface area contributed by atoms with Crippen LogP contribution in [0.4, 0.5) is 0 Å². The number of hydrogen-bond donors (Lipinski definition) is 1. The van der Waals surface area contributed by atoms with Crippen molar-refractivity contribution in [2.75, 3.05) is 0 Å². The second kappa shape index (κ2) is 7.57. The number of aromatic nitrogens is 1. The smallest absolute Gasteiger partial charge is 0.220 e. The van der Waals surface area contributed by atoms with Crippen molar-refractivity contribution in [1.82, 2.24) is 10.3 Å². The molecule has 120 valence electrons. The van der Waals surface area contributed by atoms with Gasteiger partial charge in [0, 0.05) is 16.7 Å². The van der Waals surface area contributed by atoms with Crippen molar-refractivity contribution in [3.8, 4) is 11.5 Å². The van der Waals surface area contributed by atoms with Gasteiger partial charge in [-0.25, -0.2) is 4.98 Å². The van der Waals surface area contributed by atoms with E-state index in [1.807, 2.05) is 30.5 Å². The summed E-state index contributed by atoms with van der Waals surface area (Å²) in [6.07, 6.45) is 2.36. The molecule has 4 nitrogen and oxygen atoms in total. The first-order chi connectivity index (χ1) is 11.2. The number of thiophene rings is 1. The Bertz CT molecular complexity index is 759. The third-order valence-corrected chi connectivity index (χ3v) is 5.11. The molecule has 1 N–H and O–H groups in total. The van der Waals surface area contributed by atoms with Crippen molar-refractivity contribution in [2.45, 2.75) is 32.7 Å². The van der Waals surface area contributed by atoms with Crippen LogP contribution in [0, 0.1) is 6.92 Å². The third-order valence-electron chi connectivity index (χ3n) is 3.40. The van der Waals surface area contributed by atoms with E-state index in [0.29, 0.717) is 13.0 Å². The summed E-state index contributed by atoms with van der Waals surface area (Å²) in [6, 6.07) is 7.92. The molecule has 3 heterocycles. The average molecular weight is 346 g/mol. The Kier molecular flexibility index (Phi) is 5.25. The van der Waals surface area contributed by atoms with E-state index in [1.54, 1.807) is 22.7 Å². The molecular weight excluding hydrogens is 328 g/mol. The minimum atomic E-state index is 0.0593. The van der Waals surface area contributed by atoms with Gasteiger partial charge in [0.25, 0.3) is 0 Å². The largest absolute Gasteiger partial charge is 0.458 e. The number of nitrogens with zero attached hydrogens (tertiary/aromatic N) is 1. The van der Waals surface area contributed by atoms with E-state index in [-0.39, 0.29) is 5.91 Å². The average Bonchev–Trinajstić information content (AvgIpc) is 3.26. The van der Waals surface area contributed by atoms with Crippen molar-refractivity contribution >= 4 is 28.6 Å². The molecule has 0 aliphatic carbocycles. The lowest BCUT2D eigenvalue weighted by Crippen LogP contribution is -2.22. The lowest BCUT2D eigenvalue weighted by molar-refractivity contribution is -0.121. The molecule has 0 bridgehead atoms. The summed E-state index contributed by atoms with van der Waals surface area (Å²) in [6.45, 7) is 2.38. The SMILES string of the molecule is Cc1nc(-c2ccc(CNC(=O)CCCc3cccs3)o2)cs1. The van der Waals surface area contributed by atoms with Crippen LogP contribution in [0.2, 0.25) is 0 Å². The van der Waals surface area contributed by atoms with E-state index in [0.717, 1.165) is 35.1 Å². The fourth-order valence-electron chi connectivity index (χ4n) is 2.24. The first-order valence-electron chi connectivity index (χ1n) is 7.51. The summed E-state index contributed by atoms with van der Waals surface area (Å²) in [5.74, 6) is 1.55. The number of thiazole rings is 1. The molecule has 3 aromatic rings. The summed E-state index contributed by atoms with van der Waals surface area (Å²) in [7, 11) is 0. The van der Waals surface area contributed by atoms with Gasteiger partial charge in [0.05, 0.1) is 11.6 Å². The van der Waals surface area contributed by atoms with Gasteiger partial charge < -0.3 is 9.73 Å². The molecule has 0 unspecified atom stereocenters. The fraction of sp³-hybridized carbons (Fsp3) is 0.294. The number of aryl methyl sites for hydroxylation is 2.